The Labute approximate surface area is 150 Å². The maximum absolute atomic E-state index is 13.1. The van der Waals surface area contributed by atoms with Gasteiger partial charge in [-0.3, -0.25) is 4.79 Å². The fraction of sp³-hybridized carbons (Fsp3) is 0.278. The molecule has 0 fully saturated rings. The number of nitrogens with zero attached hydrogens (tertiary/aromatic N) is 5. The first-order chi connectivity index (χ1) is 12.2. The summed E-state index contributed by atoms with van der Waals surface area (Å²) in [6, 6.07) is 5.78. The van der Waals surface area contributed by atoms with Crippen LogP contribution in [0.25, 0.3) is 5.69 Å². The highest BCUT2D eigenvalue weighted by Crippen LogP contribution is 2.18. The van der Waals surface area contributed by atoms with E-state index in [0.717, 1.165) is 0 Å². The number of aromatic nitrogens is 5. The van der Waals surface area contributed by atoms with Gasteiger partial charge in [0.2, 0.25) is 5.82 Å². The summed E-state index contributed by atoms with van der Waals surface area (Å²) in [5.74, 6) is 0.391. The zero-order valence-corrected chi connectivity index (χ0v) is 15.0. The minimum absolute atomic E-state index is 0.00622. The lowest BCUT2D eigenvalue weighted by Crippen LogP contribution is -2.18. The second-order valence-electron chi connectivity index (χ2n) is 6.87. The summed E-state index contributed by atoms with van der Waals surface area (Å²) in [6.07, 6.45) is 3.10. The van der Waals surface area contributed by atoms with Crippen LogP contribution in [-0.2, 0) is 5.41 Å². The number of aryl methyl sites for hydroxylation is 1. The van der Waals surface area contributed by atoms with Crippen molar-refractivity contribution in [2.24, 2.45) is 0 Å². The number of nitrogens with one attached hydrogen (secondary N) is 1. The second-order valence-corrected chi connectivity index (χ2v) is 6.87. The number of carbonyl (C=O) groups is 1. The normalized spacial score (nSPS) is 11.4. The van der Waals surface area contributed by atoms with E-state index in [0.29, 0.717) is 23.0 Å². The van der Waals surface area contributed by atoms with Gasteiger partial charge in [-0.1, -0.05) is 20.8 Å². The average molecular weight is 354 g/mol. The third-order valence-corrected chi connectivity index (χ3v) is 3.62. The Bertz CT molecular complexity index is 926. The average Bonchev–Trinajstić information content (AvgIpc) is 2.97. The Balaban J connectivity index is 1.78. The first-order valence-electron chi connectivity index (χ1n) is 8.07. The second kappa shape index (κ2) is 6.62. The Morgan fingerprint density at radius 2 is 1.73 bits per heavy atom. The number of hydrogen-bond donors (Lipinski definition) is 1. The van der Waals surface area contributed by atoms with Crippen molar-refractivity contribution in [3.63, 3.8) is 0 Å². The van der Waals surface area contributed by atoms with Gasteiger partial charge < -0.3 is 5.32 Å². The third-order valence-electron chi connectivity index (χ3n) is 3.62. The summed E-state index contributed by atoms with van der Waals surface area (Å²) in [6.45, 7) is 7.74. The molecule has 0 aliphatic rings. The molecule has 0 unspecified atom stereocenters. The number of amides is 1. The van der Waals surface area contributed by atoms with E-state index in [9.17, 15) is 9.18 Å². The van der Waals surface area contributed by atoms with Crippen LogP contribution in [0.2, 0.25) is 0 Å². The molecule has 0 spiro atoms. The first-order valence-corrected chi connectivity index (χ1v) is 8.07. The summed E-state index contributed by atoms with van der Waals surface area (Å²) < 4.78 is 14.5. The Morgan fingerprint density at radius 3 is 2.31 bits per heavy atom. The van der Waals surface area contributed by atoms with Gasteiger partial charge in [-0.15, -0.1) is 5.10 Å². The van der Waals surface area contributed by atoms with E-state index in [2.05, 4.69) is 25.4 Å². The van der Waals surface area contributed by atoms with Gasteiger partial charge in [0, 0.05) is 5.41 Å². The van der Waals surface area contributed by atoms with Crippen molar-refractivity contribution >= 4 is 11.6 Å². The van der Waals surface area contributed by atoms with E-state index in [4.69, 9.17) is 0 Å². The molecule has 8 heteroatoms. The highest BCUT2D eigenvalue weighted by Gasteiger charge is 2.18. The van der Waals surface area contributed by atoms with E-state index in [1.165, 1.54) is 16.8 Å². The zero-order valence-electron chi connectivity index (χ0n) is 15.0. The third kappa shape index (κ3) is 3.74. The van der Waals surface area contributed by atoms with Crippen LogP contribution in [0.4, 0.5) is 10.1 Å². The lowest BCUT2D eigenvalue weighted by atomic mass is 9.96. The molecule has 1 aromatic carbocycles. The molecule has 3 rings (SSSR count). The van der Waals surface area contributed by atoms with Crippen molar-refractivity contribution in [3.05, 3.63) is 59.9 Å². The Morgan fingerprint density at radius 1 is 1.12 bits per heavy atom. The van der Waals surface area contributed by atoms with Gasteiger partial charge in [-0.05, 0) is 31.2 Å². The lowest BCUT2D eigenvalue weighted by Gasteiger charge is -2.16. The fourth-order valence-electron chi connectivity index (χ4n) is 2.28. The molecule has 0 radical (unpaired) electrons. The molecule has 7 nitrogen and oxygen atoms in total. The maximum atomic E-state index is 13.1. The van der Waals surface area contributed by atoms with Gasteiger partial charge in [0.15, 0.2) is 0 Å². The summed E-state index contributed by atoms with van der Waals surface area (Å²) in [4.78, 5) is 25.1. The first kappa shape index (κ1) is 17.7. The molecule has 134 valence electrons. The summed E-state index contributed by atoms with van der Waals surface area (Å²) >= 11 is 0. The molecule has 0 saturated heterocycles. The molecule has 1 N–H and O–H groups in total. The van der Waals surface area contributed by atoms with E-state index >= 15 is 0 Å². The number of hydrogen-bond acceptors (Lipinski definition) is 5. The summed E-state index contributed by atoms with van der Waals surface area (Å²) in [5, 5.41) is 6.87. The van der Waals surface area contributed by atoms with E-state index in [-0.39, 0.29) is 17.1 Å². The largest absolute Gasteiger partial charge is 0.317 e. The van der Waals surface area contributed by atoms with Crippen molar-refractivity contribution in [3.8, 4) is 5.69 Å². The fourth-order valence-corrected chi connectivity index (χ4v) is 2.28. The van der Waals surface area contributed by atoms with Crippen molar-refractivity contribution in [2.75, 3.05) is 5.32 Å². The number of carbonyl (C=O) groups excluding carboxylic acids is 1. The standard InChI is InChI=1S/C18H19FN6O/c1-11-22-15(24-25(11)14-7-5-12(19)6-8-14)16(26)23-13-9-20-17(21-10-13)18(2,3)4/h5-10H,1-4H3,(H,23,26). The van der Waals surface area contributed by atoms with E-state index in [1.807, 2.05) is 20.8 Å². The quantitative estimate of drug-likeness (QED) is 0.781. The molecular weight excluding hydrogens is 335 g/mol. The number of benzene rings is 1. The highest BCUT2D eigenvalue weighted by molar-refractivity contribution is 6.01. The highest BCUT2D eigenvalue weighted by atomic mass is 19.1. The predicted octanol–water partition coefficient (Wildman–Crippen LogP) is 3.05. The van der Waals surface area contributed by atoms with Crippen molar-refractivity contribution in [2.45, 2.75) is 33.1 Å². The molecule has 2 aromatic heterocycles. The molecular formula is C18H19FN6O. The topological polar surface area (TPSA) is 85.6 Å². The predicted molar refractivity (Wildman–Crippen MR) is 94.7 cm³/mol. The van der Waals surface area contributed by atoms with Crippen molar-refractivity contribution in [1.29, 1.82) is 0 Å². The molecule has 0 aliphatic carbocycles. The van der Waals surface area contributed by atoms with E-state index in [1.54, 1.807) is 31.5 Å². The zero-order chi connectivity index (χ0) is 18.9. The minimum atomic E-state index is -0.471. The van der Waals surface area contributed by atoms with Gasteiger partial charge in [-0.2, -0.15) is 0 Å². The van der Waals surface area contributed by atoms with Crippen LogP contribution in [0.3, 0.4) is 0 Å². The van der Waals surface area contributed by atoms with Crippen molar-refractivity contribution in [1.82, 2.24) is 24.7 Å². The molecule has 26 heavy (non-hydrogen) atoms. The van der Waals surface area contributed by atoms with Gasteiger partial charge in [0.1, 0.15) is 17.5 Å². The number of halogens is 1. The minimum Gasteiger partial charge on any atom is -0.317 e. The Hall–Kier alpha value is -3.16. The van der Waals surface area contributed by atoms with Crippen LogP contribution in [0.1, 0.15) is 43.0 Å². The van der Waals surface area contributed by atoms with Crippen LogP contribution in [-0.4, -0.2) is 30.6 Å². The van der Waals surface area contributed by atoms with Gasteiger partial charge in [0.25, 0.3) is 5.91 Å². The number of anilines is 1. The van der Waals surface area contributed by atoms with Gasteiger partial charge >= 0.3 is 0 Å². The molecule has 0 aliphatic heterocycles. The molecule has 1 amide bonds. The maximum Gasteiger partial charge on any atom is 0.295 e. The lowest BCUT2D eigenvalue weighted by molar-refractivity contribution is 0.101. The molecule has 2 heterocycles. The monoisotopic (exact) mass is 354 g/mol. The van der Waals surface area contributed by atoms with Crippen LogP contribution in [0.5, 0.6) is 0 Å². The molecule has 0 bridgehead atoms. The SMILES string of the molecule is Cc1nc(C(=O)Nc2cnc(C(C)(C)C)nc2)nn1-c1ccc(F)cc1. The summed E-state index contributed by atoms with van der Waals surface area (Å²) in [7, 11) is 0. The van der Waals surface area contributed by atoms with Gasteiger partial charge in [-0.25, -0.2) is 24.0 Å². The summed E-state index contributed by atoms with van der Waals surface area (Å²) in [5.41, 5.74) is 0.905. The Kier molecular flexibility index (Phi) is 4.50. The van der Waals surface area contributed by atoms with Crippen LogP contribution in [0, 0.1) is 12.7 Å². The van der Waals surface area contributed by atoms with E-state index < -0.39 is 5.91 Å². The van der Waals surface area contributed by atoms with Crippen LogP contribution in [0.15, 0.2) is 36.7 Å². The van der Waals surface area contributed by atoms with Crippen molar-refractivity contribution < 1.29 is 9.18 Å². The molecule has 3 aromatic rings. The van der Waals surface area contributed by atoms with Gasteiger partial charge in [0.05, 0.1) is 23.8 Å². The number of rotatable bonds is 3. The molecule has 0 saturated carbocycles. The smallest absolute Gasteiger partial charge is 0.295 e. The van der Waals surface area contributed by atoms with Crippen LogP contribution >= 0.6 is 0 Å². The van der Waals surface area contributed by atoms with Crippen LogP contribution < -0.4 is 5.32 Å². The molecule has 0 atom stereocenters.